The molecule has 0 atom stereocenters. The molecule has 3 nitrogen and oxygen atoms in total. The van der Waals surface area contributed by atoms with Gasteiger partial charge in [0.15, 0.2) is 0 Å². The zero-order chi connectivity index (χ0) is 12.3. The number of nitrogens with zero attached hydrogens (tertiary/aromatic N) is 1. The van der Waals surface area contributed by atoms with E-state index in [1.807, 2.05) is 6.92 Å². The normalized spacial score (nSPS) is 24.6. The molecule has 0 bridgehead atoms. The molecule has 1 heterocycles. The molecular formula is C13H22BrNO2. The van der Waals surface area contributed by atoms with Crippen LogP contribution >= 0.6 is 15.9 Å². The second-order valence-corrected chi connectivity index (χ2v) is 6.00. The largest absolute Gasteiger partial charge is 0.466 e. The highest BCUT2D eigenvalue weighted by atomic mass is 79.9. The highest BCUT2D eigenvalue weighted by Crippen LogP contribution is 2.47. The summed E-state index contributed by atoms with van der Waals surface area (Å²) in [5.41, 5.74) is 0.552. The lowest BCUT2D eigenvalue weighted by molar-refractivity contribution is -0.149. The predicted octanol–water partition coefficient (Wildman–Crippen LogP) is 2.44. The summed E-state index contributed by atoms with van der Waals surface area (Å²) in [6, 6.07) is 0. The predicted molar refractivity (Wildman–Crippen MR) is 71.3 cm³/mol. The van der Waals surface area contributed by atoms with E-state index in [2.05, 4.69) is 20.8 Å². The first-order chi connectivity index (χ1) is 8.19. The Kier molecular flexibility index (Phi) is 4.47. The summed E-state index contributed by atoms with van der Waals surface area (Å²) >= 11 is 3.62. The van der Waals surface area contributed by atoms with Gasteiger partial charge in [-0.05, 0) is 51.1 Å². The molecule has 0 aromatic carbocycles. The van der Waals surface area contributed by atoms with Gasteiger partial charge in [0.1, 0.15) is 0 Å². The smallest absolute Gasteiger partial charge is 0.309 e. The van der Waals surface area contributed by atoms with Gasteiger partial charge in [-0.15, -0.1) is 0 Å². The van der Waals surface area contributed by atoms with Gasteiger partial charge in [0.2, 0.25) is 0 Å². The number of piperidine rings is 1. The van der Waals surface area contributed by atoms with Crippen molar-refractivity contribution in [3.63, 3.8) is 0 Å². The number of halogens is 1. The van der Waals surface area contributed by atoms with E-state index in [1.54, 1.807) is 0 Å². The molecule has 1 aliphatic heterocycles. The number of alkyl halides is 1. The molecule has 4 heteroatoms. The lowest BCUT2D eigenvalue weighted by atomic mass is 9.96. The van der Waals surface area contributed by atoms with E-state index >= 15 is 0 Å². The van der Waals surface area contributed by atoms with Gasteiger partial charge in [0, 0.05) is 11.9 Å². The van der Waals surface area contributed by atoms with Crippen molar-refractivity contribution in [1.29, 1.82) is 0 Å². The quantitative estimate of drug-likeness (QED) is 0.577. The van der Waals surface area contributed by atoms with Gasteiger partial charge in [0.05, 0.1) is 12.5 Å². The van der Waals surface area contributed by atoms with E-state index in [-0.39, 0.29) is 11.9 Å². The Hall–Kier alpha value is -0.0900. The minimum Gasteiger partial charge on any atom is -0.466 e. The summed E-state index contributed by atoms with van der Waals surface area (Å²) < 4.78 is 5.09. The topological polar surface area (TPSA) is 29.5 Å². The van der Waals surface area contributed by atoms with Crippen LogP contribution in [0, 0.1) is 11.3 Å². The van der Waals surface area contributed by atoms with Crippen molar-refractivity contribution < 1.29 is 9.53 Å². The van der Waals surface area contributed by atoms with Crippen LogP contribution in [0.3, 0.4) is 0 Å². The monoisotopic (exact) mass is 303 g/mol. The number of carbonyl (C=O) groups is 1. The molecule has 0 N–H and O–H groups in total. The lowest BCUT2D eigenvalue weighted by Crippen LogP contribution is -2.40. The molecule has 17 heavy (non-hydrogen) atoms. The third kappa shape index (κ3) is 3.44. The van der Waals surface area contributed by atoms with Crippen molar-refractivity contribution >= 4 is 21.9 Å². The van der Waals surface area contributed by atoms with Crippen LogP contribution in [-0.4, -0.2) is 42.4 Å². The molecule has 98 valence electrons. The fourth-order valence-electron chi connectivity index (χ4n) is 2.57. The van der Waals surface area contributed by atoms with Crippen molar-refractivity contribution in [3.8, 4) is 0 Å². The van der Waals surface area contributed by atoms with Gasteiger partial charge >= 0.3 is 5.97 Å². The SMILES string of the molecule is CCOC(=O)C1CCN(CC2(CBr)CC2)CC1. The summed E-state index contributed by atoms with van der Waals surface area (Å²) in [5, 5.41) is 1.12. The second-order valence-electron chi connectivity index (χ2n) is 5.44. The fraction of sp³-hybridized carbons (Fsp3) is 0.923. The molecule has 0 unspecified atom stereocenters. The average molecular weight is 304 g/mol. The molecule has 1 saturated carbocycles. The maximum atomic E-state index is 11.6. The molecule has 0 aromatic rings. The molecule has 2 aliphatic rings. The Bertz CT molecular complexity index is 271. The van der Waals surface area contributed by atoms with E-state index < -0.39 is 0 Å². The lowest BCUT2D eigenvalue weighted by Gasteiger charge is -2.33. The van der Waals surface area contributed by atoms with Crippen LogP contribution < -0.4 is 0 Å². The van der Waals surface area contributed by atoms with E-state index in [0.717, 1.165) is 31.3 Å². The van der Waals surface area contributed by atoms with Crippen molar-refractivity contribution in [3.05, 3.63) is 0 Å². The van der Waals surface area contributed by atoms with E-state index in [1.165, 1.54) is 19.4 Å². The van der Waals surface area contributed by atoms with Gasteiger partial charge in [-0.25, -0.2) is 0 Å². The summed E-state index contributed by atoms with van der Waals surface area (Å²) in [5.74, 6) is 0.152. The Morgan fingerprint density at radius 1 is 1.41 bits per heavy atom. The molecule has 0 radical (unpaired) electrons. The van der Waals surface area contributed by atoms with Gasteiger partial charge in [-0.1, -0.05) is 15.9 Å². The molecular weight excluding hydrogens is 282 g/mol. The molecule has 0 spiro atoms. The van der Waals surface area contributed by atoms with Gasteiger partial charge in [-0.3, -0.25) is 4.79 Å². The third-order valence-corrected chi connectivity index (χ3v) is 5.20. The van der Waals surface area contributed by atoms with Crippen molar-refractivity contribution in [2.45, 2.75) is 32.6 Å². The van der Waals surface area contributed by atoms with Crippen molar-refractivity contribution in [1.82, 2.24) is 4.90 Å². The summed E-state index contributed by atoms with van der Waals surface area (Å²) in [6.45, 7) is 5.69. The number of ether oxygens (including phenoxy) is 1. The molecule has 2 rings (SSSR count). The molecule has 1 aliphatic carbocycles. The Morgan fingerprint density at radius 3 is 2.53 bits per heavy atom. The van der Waals surface area contributed by atoms with Crippen LogP contribution in [0.25, 0.3) is 0 Å². The number of hydrogen-bond donors (Lipinski definition) is 0. The van der Waals surface area contributed by atoms with Crippen LogP contribution in [0.2, 0.25) is 0 Å². The van der Waals surface area contributed by atoms with Gasteiger partial charge in [0.25, 0.3) is 0 Å². The van der Waals surface area contributed by atoms with Crippen molar-refractivity contribution in [2.24, 2.45) is 11.3 Å². The zero-order valence-electron chi connectivity index (χ0n) is 10.6. The molecule has 2 fully saturated rings. The third-order valence-electron chi connectivity index (χ3n) is 4.01. The van der Waals surface area contributed by atoms with Gasteiger partial charge < -0.3 is 9.64 Å². The highest BCUT2D eigenvalue weighted by Gasteiger charge is 2.43. The van der Waals surface area contributed by atoms with Crippen LogP contribution in [0.4, 0.5) is 0 Å². The minimum absolute atomic E-state index is 0.00813. The maximum absolute atomic E-state index is 11.6. The van der Waals surface area contributed by atoms with Crippen LogP contribution in [0.5, 0.6) is 0 Å². The highest BCUT2D eigenvalue weighted by molar-refractivity contribution is 9.09. The van der Waals surface area contributed by atoms with Crippen LogP contribution in [-0.2, 0) is 9.53 Å². The molecule has 0 amide bonds. The standard InChI is InChI=1S/C13H22BrNO2/c1-2-17-12(16)11-3-7-15(8-4-11)10-13(9-14)5-6-13/h11H,2-10H2,1H3. The number of hydrogen-bond acceptors (Lipinski definition) is 3. The number of carbonyl (C=O) groups excluding carboxylic acids is 1. The molecule has 0 aromatic heterocycles. The first-order valence-corrected chi connectivity index (χ1v) is 7.76. The summed E-state index contributed by atoms with van der Waals surface area (Å²) in [6.07, 6.45) is 4.65. The second kappa shape index (κ2) is 5.70. The van der Waals surface area contributed by atoms with E-state index in [9.17, 15) is 4.79 Å². The van der Waals surface area contributed by atoms with Crippen molar-refractivity contribution in [2.75, 3.05) is 31.6 Å². The first-order valence-electron chi connectivity index (χ1n) is 6.64. The number of likely N-dealkylation sites (tertiary alicyclic amines) is 1. The Labute approximate surface area is 112 Å². The number of rotatable bonds is 5. The fourth-order valence-corrected chi connectivity index (χ4v) is 3.31. The van der Waals surface area contributed by atoms with E-state index in [0.29, 0.717) is 12.0 Å². The first kappa shape index (κ1) is 13.3. The number of esters is 1. The Morgan fingerprint density at radius 2 is 2.06 bits per heavy atom. The van der Waals surface area contributed by atoms with Crippen LogP contribution in [0.15, 0.2) is 0 Å². The zero-order valence-corrected chi connectivity index (χ0v) is 12.2. The minimum atomic E-state index is 0.00813. The molecule has 1 saturated heterocycles. The van der Waals surface area contributed by atoms with E-state index in [4.69, 9.17) is 4.74 Å². The summed E-state index contributed by atoms with van der Waals surface area (Å²) in [7, 11) is 0. The summed E-state index contributed by atoms with van der Waals surface area (Å²) in [4.78, 5) is 14.1. The van der Waals surface area contributed by atoms with Gasteiger partial charge in [-0.2, -0.15) is 0 Å². The maximum Gasteiger partial charge on any atom is 0.309 e. The Balaban J connectivity index is 1.72. The average Bonchev–Trinajstić information content (AvgIpc) is 3.11. The van der Waals surface area contributed by atoms with Crippen LogP contribution in [0.1, 0.15) is 32.6 Å².